The van der Waals surface area contributed by atoms with Crippen LogP contribution in [0, 0.1) is 11.3 Å². The molecule has 5 nitrogen and oxygen atoms in total. The summed E-state index contributed by atoms with van der Waals surface area (Å²) in [6.07, 6.45) is 0.590. The van der Waals surface area contributed by atoms with Crippen molar-refractivity contribution in [2.24, 2.45) is 0 Å². The normalized spacial score (nSPS) is 17.2. The van der Waals surface area contributed by atoms with E-state index in [1.165, 1.54) is 0 Å². The van der Waals surface area contributed by atoms with E-state index in [0.29, 0.717) is 6.42 Å². The maximum absolute atomic E-state index is 8.62. The maximum Gasteiger partial charge on any atom is 0.0635 e. The predicted molar refractivity (Wildman–Crippen MR) is 65.8 cm³/mol. The Morgan fingerprint density at radius 3 is 2.71 bits per heavy atom. The molecule has 1 aliphatic heterocycles. The van der Waals surface area contributed by atoms with Crippen LogP contribution in [0.2, 0.25) is 0 Å². The fourth-order valence-electron chi connectivity index (χ4n) is 1.87. The zero-order valence-electron chi connectivity index (χ0n) is 10.7. The van der Waals surface area contributed by atoms with Gasteiger partial charge < -0.3 is 9.47 Å². The Balaban J connectivity index is 2.18. The second-order valence-corrected chi connectivity index (χ2v) is 4.20. The number of morpholine rings is 1. The highest BCUT2D eigenvalue weighted by Gasteiger charge is 2.12. The van der Waals surface area contributed by atoms with E-state index in [-0.39, 0.29) is 0 Å². The highest BCUT2D eigenvalue weighted by Crippen LogP contribution is 1.98. The van der Waals surface area contributed by atoms with Crippen molar-refractivity contribution in [2.75, 3.05) is 66.2 Å². The van der Waals surface area contributed by atoms with E-state index < -0.39 is 0 Å². The molecular weight excluding hydrogens is 218 g/mol. The highest BCUT2D eigenvalue weighted by atomic mass is 16.5. The number of nitrogens with zero attached hydrogens (tertiary/aromatic N) is 3. The monoisotopic (exact) mass is 241 g/mol. The summed E-state index contributed by atoms with van der Waals surface area (Å²) >= 11 is 0. The van der Waals surface area contributed by atoms with Gasteiger partial charge in [-0.2, -0.15) is 5.26 Å². The Hall–Kier alpha value is -0.670. The van der Waals surface area contributed by atoms with Crippen LogP contribution >= 0.6 is 0 Å². The molecule has 1 saturated heterocycles. The number of methoxy groups -OCH3 is 1. The van der Waals surface area contributed by atoms with Gasteiger partial charge in [-0.25, -0.2) is 0 Å². The zero-order valence-corrected chi connectivity index (χ0v) is 10.7. The van der Waals surface area contributed by atoms with Gasteiger partial charge in [0, 0.05) is 52.8 Å². The first-order valence-corrected chi connectivity index (χ1v) is 6.25. The third kappa shape index (κ3) is 6.59. The lowest BCUT2D eigenvalue weighted by Crippen LogP contribution is -2.42. The van der Waals surface area contributed by atoms with Crippen LogP contribution in [0.3, 0.4) is 0 Å². The maximum atomic E-state index is 8.62. The first-order valence-electron chi connectivity index (χ1n) is 6.25. The molecule has 98 valence electrons. The Labute approximate surface area is 104 Å². The van der Waals surface area contributed by atoms with Crippen LogP contribution in [0.5, 0.6) is 0 Å². The molecule has 1 heterocycles. The number of ether oxygens (including phenoxy) is 2. The molecule has 5 heteroatoms. The van der Waals surface area contributed by atoms with Crippen LogP contribution in [-0.4, -0.2) is 76.0 Å². The Morgan fingerprint density at radius 1 is 1.29 bits per heavy atom. The van der Waals surface area contributed by atoms with Crippen LogP contribution in [0.1, 0.15) is 6.42 Å². The zero-order chi connectivity index (χ0) is 12.3. The quantitative estimate of drug-likeness (QED) is 0.607. The fraction of sp³-hybridized carbons (Fsp3) is 0.917. The Kier molecular flexibility index (Phi) is 7.93. The minimum absolute atomic E-state index is 0.590. The summed E-state index contributed by atoms with van der Waals surface area (Å²) in [5.41, 5.74) is 0. The summed E-state index contributed by atoms with van der Waals surface area (Å²) in [5, 5.41) is 8.62. The fourth-order valence-corrected chi connectivity index (χ4v) is 1.87. The van der Waals surface area contributed by atoms with Crippen molar-refractivity contribution < 1.29 is 9.47 Å². The largest absolute Gasteiger partial charge is 0.383 e. The topological polar surface area (TPSA) is 48.7 Å². The molecule has 0 aromatic heterocycles. The standard InChI is InChI=1S/C12H23N3O2/c1-16-10-7-14(4-2-3-13)5-6-15-8-11-17-12-9-15/h2,4-12H2,1H3. The Morgan fingerprint density at radius 2 is 2.06 bits per heavy atom. The first kappa shape index (κ1) is 14.4. The summed E-state index contributed by atoms with van der Waals surface area (Å²) in [6.45, 7) is 8.27. The molecule has 0 bridgehead atoms. The van der Waals surface area contributed by atoms with Crippen LogP contribution in [0.25, 0.3) is 0 Å². The van der Waals surface area contributed by atoms with Gasteiger partial charge in [-0.05, 0) is 0 Å². The van der Waals surface area contributed by atoms with E-state index in [2.05, 4.69) is 15.9 Å². The van der Waals surface area contributed by atoms with Crippen molar-refractivity contribution in [1.82, 2.24) is 9.80 Å². The van der Waals surface area contributed by atoms with Crippen LogP contribution in [0.15, 0.2) is 0 Å². The number of hydrogen-bond acceptors (Lipinski definition) is 5. The summed E-state index contributed by atoms with van der Waals surface area (Å²) < 4.78 is 10.4. The van der Waals surface area contributed by atoms with E-state index in [1.807, 2.05) is 0 Å². The lowest BCUT2D eigenvalue weighted by Gasteiger charge is -2.29. The number of nitriles is 1. The van der Waals surface area contributed by atoms with Crippen LogP contribution in [0.4, 0.5) is 0 Å². The molecule has 0 saturated carbocycles. The first-order chi connectivity index (χ1) is 8.36. The van der Waals surface area contributed by atoms with Crippen molar-refractivity contribution in [1.29, 1.82) is 5.26 Å². The van der Waals surface area contributed by atoms with Crippen LogP contribution in [-0.2, 0) is 9.47 Å². The molecule has 1 aliphatic rings. The minimum atomic E-state index is 0.590. The summed E-state index contributed by atoms with van der Waals surface area (Å²) in [4.78, 5) is 4.71. The molecule has 0 aromatic carbocycles. The van der Waals surface area contributed by atoms with Crippen molar-refractivity contribution >= 4 is 0 Å². The second-order valence-electron chi connectivity index (χ2n) is 4.20. The Bertz CT molecular complexity index is 224. The van der Waals surface area contributed by atoms with Gasteiger partial charge in [0.05, 0.1) is 25.9 Å². The van der Waals surface area contributed by atoms with Gasteiger partial charge in [-0.3, -0.25) is 9.80 Å². The third-order valence-electron chi connectivity index (χ3n) is 2.99. The lowest BCUT2D eigenvalue weighted by molar-refractivity contribution is 0.0321. The molecule has 17 heavy (non-hydrogen) atoms. The third-order valence-corrected chi connectivity index (χ3v) is 2.99. The molecule has 0 N–H and O–H groups in total. The van der Waals surface area contributed by atoms with Gasteiger partial charge in [-0.1, -0.05) is 0 Å². The van der Waals surface area contributed by atoms with Gasteiger partial charge in [-0.15, -0.1) is 0 Å². The summed E-state index contributed by atoms with van der Waals surface area (Å²) in [5.74, 6) is 0. The van der Waals surface area contributed by atoms with E-state index in [0.717, 1.165) is 59.1 Å². The lowest BCUT2D eigenvalue weighted by atomic mass is 10.3. The molecule has 0 unspecified atom stereocenters. The van der Waals surface area contributed by atoms with E-state index >= 15 is 0 Å². The van der Waals surface area contributed by atoms with E-state index in [4.69, 9.17) is 14.7 Å². The molecular formula is C12H23N3O2. The molecule has 0 spiro atoms. The highest BCUT2D eigenvalue weighted by molar-refractivity contribution is 4.73. The van der Waals surface area contributed by atoms with Gasteiger partial charge >= 0.3 is 0 Å². The van der Waals surface area contributed by atoms with Gasteiger partial charge in [0.15, 0.2) is 0 Å². The van der Waals surface area contributed by atoms with E-state index in [9.17, 15) is 0 Å². The van der Waals surface area contributed by atoms with Crippen molar-refractivity contribution in [2.45, 2.75) is 6.42 Å². The smallest absolute Gasteiger partial charge is 0.0635 e. The molecule has 0 aliphatic carbocycles. The van der Waals surface area contributed by atoms with Crippen molar-refractivity contribution in [3.05, 3.63) is 0 Å². The average molecular weight is 241 g/mol. The predicted octanol–water partition coefficient (Wildman–Crippen LogP) is 0.181. The minimum Gasteiger partial charge on any atom is -0.383 e. The van der Waals surface area contributed by atoms with Crippen LogP contribution < -0.4 is 0 Å². The molecule has 0 atom stereocenters. The molecule has 0 radical (unpaired) electrons. The van der Waals surface area contributed by atoms with Crippen molar-refractivity contribution in [3.63, 3.8) is 0 Å². The summed E-state index contributed by atoms with van der Waals surface area (Å²) in [7, 11) is 1.71. The number of rotatable bonds is 8. The SMILES string of the molecule is COCCN(CCC#N)CCN1CCOCC1. The van der Waals surface area contributed by atoms with Gasteiger partial charge in [0.25, 0.3) is 0 Å². The molecule has 0 aromatic rings. The molecule has 1 rings (SSSR count). The van der Waals surface area contributed by atoms with E-state index in [1.54, 1.807) is 7.11 Å². The summed E-state index contributed by atoms with van der Waals surface area (Å²) in [6, 6.07) is 2.20. The average Bonchev–Trinajstić information content (AvgIpc) is 2.39. The molecule has 0 amide bonds. The molecule has 1 fully saturated rings. The number of hydrogen-bond donors (Lipinski definition) is 0. The van der Waals surface area contributed by atoms with Crippen molar-refractivity contribution in [3.8, 4) is 6.07 Å². The van der Waals surface area contributed by atoms with Gasteiger partial charge in [0.1, 0.15) is 0 Å². The second kappa shape index (κ2) is 9.37. The van der Waals surface area contributed by atoms with Gasteiger partial charge in [0.2, 0.25) is 0 Å².